The SMILES string of the molecule is COc1cccc(OC)c1-c1cncc(CN(C)C)n1. The minimum absolute atomic E-state index is 0.723. The number of hydrogen-bond acceptors (Lipinski definition) is 5. The van der Waals surface area contributed by atoms with E-state index < -0.39 is 0 Å². The van der Waals surface area contributed by atoms with Crippen molar-refractivity contribution in [2.24, 2.45) is 0 Å². The van der Waals surface area contributed by atoms with Crippen molar-refractivity contribution < 1.29 is 9.47 Å². The third-order valence-corrected chi connectivity index (χ3v) is 2.85. The van der Waals surface area contributed by atoms with Gasteiger partial charge in [-0.2, -0.15) is 0 Å². The highest BCUT2D eigenvalue weighted by atomic mass is 16.5. The van der Waals surface area contributed by atoms with Gasteiger partial charge in [-0.3, -0.25) is 4.98 Å². The number of nitrogens with zero attached hydrogens (tertiary/aromatic N) is 3. The fourth-order valence-corrected chi connectivity index (χ4v) is 2.03. The maximum absolute atomic E-state index is 5.41. The molecule has 0 aliphatic heterocycles. The van der Waals surface area contributed by atoms with E-state index in [0.29, 0.717) is 0 Å². The summed E-state index contributed by atoms with van der Waals surface area (Å²) in [4.78, 5) is 10.9. The molecule has 5 heteroatoms. The average Bonchev–Trinajstić information content (AvgIpc) is 2.45. The highest BCUT2D eigenvalue weighted by molar-refractivity contribution is 5.73. The van der Waals surface area contributed by atoms with E-state index in [1.165, 1.54) is 0 Å². The molecule has 0 radical (unpaired) electrons. The number of hydrogen-bond donors (Lipinski definition) is 0. The number of rotatable bonds is 5. The second kappa shape index (κ2) is 6.34. The first-order valence-corrected chi connectivity index (χ1v) is 6.32. The molecule has 1 aromatic heterocycles. The van der Waals surface area contributed by atoms with E-state index in [9.17, 15) is 0 Å². The molecule has 0 amide bonds. The third-order valence-electron chi connectivity index (χ3n) is 2.85. The molecule has 0 aliphatic carbocycles. The van der Waals surface area contributed by atoms with Crippen LogP contribution in [0.25, 0.3) is 11.3 Å². The maximum Gasteiger partial charge on any atom is 0.132 e. The van der Waals surface area contributed by atoms with Gasteiger partial charge >= 0.3 is 0 Å². The molecule has 0 aliphatic rings. The first kappa shape index (κ1) is 14.3. The third kappa shape index (κ3) is 3.05. The van der Waals surface area contributed by atoms with E-state index in [1.807, 2.05) is 37.2 Å². The molecule has 1 heterocycles. The van der Waals surface area contributed by atoms with Crippen LogP contribution in [0.3, 0.4) is 0 Å². The van der Waals surface area contributed by atoms with Gasteiger partial charge in [0, 0.05) is 12.7 Å². The second-order valence-corrected chi connectivity index (χ2v) is 4.67. The van der Waals surface area contributed by atoms with E-state index >= 15 is 0 Å². The first-order valence-electron chi connectivity index (χ1n) is 6.32. The smallest absolute Gasteiger partial charge is 0.132 e. The molecule has 106 valence electrons. The van der Waals surface area contributed by atoms with Crippen LogP contribution in [0.2, 0.25) is 0 Å². The zero-order valence-corrected chi connectivity index (χ0v) is 12.3. The van der Waals surface area contributed by atoms with Gasteiger partial charge in [0.05, 0.1) is 37.4 Å². The summed E-state index contributed by atoms with van der Waals surface area (Å²) < 4.78 is 10.8. The van der Waals surface area contributed by atoms with Crippen molar-refractivity contribution >= 4 is 0 Å². The Morgan fingerprint density at radius 2 is 1.70 bits per heavy atom. The fourth-order valence-electron chi connectivity index (χ4n) is 2.03. The highest BCUT2D eigenvalue weighted by Crippen LogP contribution is 2.36. The van der Waals surface area contributed by atoms with Crippen molar-refractivity contribution in [1.82, 2.24) is 14.9 Å². The molecule has 0 bridgehead atoms. The molecule has 0 unspecified atom stereocenters. The van der Waals surface area contributed by atoms with Crippen LogP contribution in [0, 0.1) is 0 Å². The lowest BCUT2D eigenvalue weighted by Crippen LogP contribution is -2.12. The van der Waals surface area contributed by atoms with Gasteiger partial charge < -0.3 is 14.4 Å². The van der Waals surface area contributed by atoms with Crippen LogP contribution in [0.5, 0.6) is 11.5 Å². The largest absolute Gasteiger partial charge is 0.496 e. The van der Waals surface area contributed by atoms with Crippen molar-refractivity contribution in [1.29, 1.82) is 0 Å². The Balaban J connectivity index is 2.50. The van der Waals surface area contributed by atoms with E-state index in [1.54, 1.807) is 26.6 Å². The summed E-state index contributed by atoms with van der Waals surface area (Å²) in [5, 5.41) is 0. The Bertz CT molecular complexity index is 563. The van der Waals surface area contributed by atoms with Gasteiger partial charge in [0.25, 0.3) is 0 Å². The zero-order valence-electron chi connectivity index (χ0n) is 12.3. The standard InChI is InChI=1S/C15H19N3O2/c1-18(2)10-11-8-16-9-12(17-11)15-13(19-3)6-5-7-14(15)20-4/h5-9H,10H2,1-4H3. The summed E-state index contributed by atoms with van der Waals surface area (Å²) in [5.41, 5.74) is 2.48. The molecule has 0 saturated heterocycles. The van der Waals surface area contributed by atoms with Gasteiger partial charge in [-0.05, 0) is 26.2 Å². The van der Waals surface area contributed by atoms with Gasteiger partial charge in [0.2, 0.25) is 0 Å². The van der Waals surface area contributed by atoms with Crippen LogP contribution in [0.15, 0.2) is 30.6 Å². The molecule has 0 fully saturated rings. The summed E-state index contributed by atoms with van der Waals surface area (Å²) in [5.74, 6) is 1.45. The number of ether oxygens (including phenoxy) is 2. The highest BCUT2D eigenvalue weighted by Gasteiger charge is 2.14. The van der Waals surface area contributed by atoms with Crippen LogP contribution < -0.4 is 9.47 Å². The summed E-state index contributed by atoms with van der Waals surface area (Å²) in [6.45, 7) is 0.734. The van der Waals surface area contributed by atoms with Crippen LogP contribution in [0.4, 0.5) is 0 Å². The summed E-state index contributed by atoms with van der Waals surface area (Å²) in [6, 6.07) is 5.66. The number of aromatic nitrogens is 2. The Kier molecular flexibility index (Phi) is 4.53. The Morgan fingerprint density at radius 3 is 2.25 bits per heavy atom. The minimum atomic E-state index is 0.723. The Hall–Kier alpha value is -2.14. The topological polar surface area (TPSA) is 47.5 Å². The average molecular weight is 273 g/mol. The monoisotopic (exact) mass is 273 g/mol. The fraction of sp³-hybridized carbons (Fsp3) is 0.333. The predicted octanol–water partition coefficient (Wildman–Crippen LogP) is 2.22. The molecule has 1 aromatic carbocycles. The van der Waals surface area contributed by atoms with Gasteiger partial charge in [0.1, 0.15) is 11.5 Å². The number of methoxy groups -OCH3 is 2. The lowest BCUT2D eigenvalue weighted by atomic mass is 10.1. The molecular formula is C15H19N3O2. The van der Waals surface area contributed by atoms with E-state index in [2.05, 4.69) is 9.97 Å². The van der Waals surface area contributed by atoms with Crippen molar-refractivity contribution in [3.05, 3.63) is 36.3 Å². The molecule has 5 nitrogen and oxygen atoms in total. The second-order valence-electron chi connectivity index (χ2n) is 4.67. The zero-order chi connectivity index (χ0) is 14.5. The maximum atomic E-state index is 5.41. The molecule has 0 saturated carbocycles. The van der Waals surface area contributed by atoms with Gasteiger partial charge in [0.15, 0.2) is 0 Å². The molecule has 0 spiro atoms. The van der Waals surface area contributed by atoms with Crippen molar-refractivity contribution in [2.75, 3.05) is 28.3 Å². The van der Waals surface area contributed by atoms with Crippen LogP contribution >= 0.6 is 0 Å². The molecule has 20 heavy (non-hydrogen) atoms. The Labute approximate surface area is 119 Å². The summed E-state index contributed by atoms with van der Waals surface area (Å²) >= 11 is 0. The van der Waals surface area contributed by atoms with Crippen molar-refractivity contribution in [3.8, 4) is 22.8 Å². The van der Waals surface area contributed by atoms with Gasteiger partial charge in [-0.1, -0.05) is 6.07 Å². The molecular weight excluding hydrogens is 254 g/mol. The van der Waals surface area contributed by atoms with E-state index in [4.69, 9.17) is 9.47 Å². The Morgan fingerprint density at radius 1 is 1.05 bits per heavy atom. The first-order chi connectivity index (χ1) is 9.65. The lowest BCUT2D eigenvalue weighted by Gasteiger charge is -2.14. The molecule has 2 aromatic rings. The van der Waals surface area contributed by atoms with Crippen LogP contribution in [-0.4, -0.2) is 43.2 Å². The van der Waals surface area contributed by atoms with E-state index in [0.717, 1.165) is 35.0 Å². The molecule has 0 N–H and O–H groups in total. The van der Waals surface area contributed by atoms with Gasteiger partial charge in [-0.25, -0.2) is 4.98 Å². The lowest BCUT2D eigenvalue weighted by molar-refractivity contribution is 0.394. The molecule has 0 atom stereocenters. The minimum Gasteiger partial charge on any atom is -0.496 e. The normalized spacial score (nSPS) is 10.7. The molecule has 2 rings (SSSR count). The van der Waals surface area contributed by atoms with Crippen LogP contribution in [0.1, 0.15) is 5.69 Å². The number of benzene rings is 1. The quantitative estimate of drug-likeness (QED) is 0.836. The summed E-state index contributed by atoms with van der Waals surface area (Å²) in [6.07, 6.45) is 3.49. The predicted molar refractivity (Wildman–Crippen MR) is 78.0 cm³/mol. The summed E-state index contributed by atoms with van der Waals surface area (Å²) in [7, 11) is 7.26. The van der Waals surface area contributed by atoms with Crippen molar-refractivity contribution in [2.45, 2.75) is 6.54 Å². The van der Waals surface area contributed by atoms with E-state index in [-0.39, 0.29) is 0 Å². The van der Waals surface area contributed by atoms with Crippen LogP contribution in [-0.2, 0) is 6.54 Å². The van der Waals surface area contributed by atoms with Crippen molar-refractivity contribution in [3.63, 3.8) is 0 Å². The van der Waals surface area contributed by atoms with Gasteiger partial charge in [-0.15, -0.1) is 0 Å².